The molecule has 29 heavy (non-hydrogen) atoms. The molecule has 3 heterocycles. The lowest BCUT2D eigenvalue weighted by Gasteiger charge is -2.51. The average Bonchev–Trinajstić information content (AvgIpc) is 3.14. The molecule has 1 saturated heterocycles. The summed E-state index contributed by atoms with van der Waals surface area (Å²) >= 11 is 0. The zero-order valence-electron chi connectivity index (χ0n) is 17.2. The quantitative estimate of drug-likeness (QED) is 0.735. The number of amides is 1. The van der Waals surface area contributed by atoms with Gasteiger partial charge in [0.15, 0.2) is 0 Å². The molecule has 1 aromatic heterocycles. The molecule has 0 saturated carbocycles. The zero-order chi connectivity index (χ0) is 19.8. The summed E-state index contributed by atoms with van der Waals surface area (Å²) in [5.41, 5.74) is 5.14. The summed E-state index contributed by atoms with van der Waals surface area (Å²) in [6.45, 7) is 5.71. The van der Waals surface area contributed by atoms with Gasteiger partial charge in [0.25, 0.3) is 0 Å². The van der Waals surface area contributed by atoms with E-state index in [-0.39, 0.29) is 11.4 Å². The molecule has 4 nitrogen and oxygen atoms in total. The van der Waals surface area contributed by atoms with Crippen molar-refractivity contribution in [2.45, 2.75) is 38.1 Å². The Kier molecular flexibility index (Phi) is 4.67. The van der Waals surface area contributed by atoms with Crippen molar-refractivity contribution in [1.29, 1.82) is 0 Å². The predicted molar refractivity (Wildman–Crippen MR) is 117 cm³/mol. The minimum absolute atomic E-state index is 0.179. The van der Waals surface area contributed by atoms with E-state index in [2.05, 4.69) is 69.4 Å². The standard InChI is InChI=1S/C25H29N3O/c1-19(29)28-16-12-22-21-9-5-6-10-23(21)26-24(22)25(28)13-17-27(18-14-25)15-11-20-7-3-2-4-8-20/h2-10,26H,11-18H2,1H3. The molecule has 3 aromatic rings. The molecular formula is C25H29N3O. The van der Waals surface area contributed by atoms with Gasteiger partial charge in [-0.2, -0.15) is 0 Å². The minimum atomic E-state index is -0.179. The summed E-state index contributed by atoms with van der Waals surface area (Å²) in [6.07, 6.45) is 4.03. The van der Waals surface area contributed by atoms with Gasteiger partial charge in [-0.05, 0) is 42.9 Å². The normalized spacial score (nSPS) is 18.9. The topological polar surface area (TPSA) is 39.3 Å². The fourth-order valence-electron chi connectivity index (χ4n) is 5.49. The highest BCUT2D eigenvalue weighted by atomic mass is 16.2. The molecule has 1 amide bonds. The summed E-state index contributed by atoms with van der Waals surface area (Å²) < 4.78 is 0. The summed E-state index contributed by atoms with van der Waals surface area (Å²) in [7, 11) is 0. The van der Waals surface area contributed by atoms with Crippen molar-refractivity contribution in [1.82, 2.24) is 14.8 Å². The number of aromatic amines is 1. The van der Waals surface area contributed by atoms with Gasteiger partial charge in [0.05, 0.1) is 5.54 Å². The number of nitrogens with one attached hydrogen (secondary N) is 1. The first kappa shape index (κ1) is 18.4. The van der Waals surface area contributed by atoms with Crippen molar-refractivity contribution in [3.8, 4) is 0 Å². The minimum Gasteiger partial charge on any atom is -0.356 e. The van der Waals surface area contributed by atoms with Crippen molar-refractivity contribution in [2.24, 2.45) is 0 Å². The van der Waals surface area contributed by atoms with Crippen LogP contribution in [0.4, 0.5) is 0 Å². The van der Waals surface area contributed by atoms with E-state index < -0.39 is 0 Å². The average molecular weight is 388 g/mol. The molecule has 2 aliphatic rings. The lowest BCUT2D eigenvalue weighted by atomic mass is 9.77. The number of H-pyrrole nitrogens is 1. The van der Waals surface area contributed by atoms with Crippen molar-refractivity contribution in [3.05, 3.63) is 71.4 Å². The number of fused-ring (bicyclic) bond motifs is 4. The molecule has 1 fully saturated rings. The molecule has 0 atom stereocenters. The molecule has 150 valence electrons. The molecule has 0 aliphatic carbocycles. The first-order chi connectivity index (χ1) is 14.2. The third kappa shape index (κ3) is 3.16. The van der Waals surface area contributed by atoms with Crippen molar-refractivity contribution in [2.75, 3.05) is 26.2 Å². The molecule has 0 bridgehead atoms. The Labute approximate surface area is 172 Å². The Hall–Kier alpha value is -2.59. The number of para-hydroxylation sites is 1. The van der Waals surface area contributed by atoms with Crippen LogP contribution in [0.15, 0.2) is 54.6 Å². The summed E-state index contributed by atoms with van der Waals surface area (Å²) in [4.78, 5) is 21.0. The van der Waals surface area contributed by atoms with E-state index in [0.717, 1.165) is 51.9 Å². The fraction of sp³-hybridized carbons (Fsp3) is 0.400. The van der Waals surface area contributed by atoms with Crippen molar-refractivity contribution < 1.29 is 4.79 Å². The molecule has 0 radical (unpaired) electrons. The van der Waals surface area contributed by atoms with E-state index in [1.807, 2.05) is 0 Å². The number of aromatic nitrogens is 1. The zero-order valence-corrected chi connectivity index (χ0v) is 17.2. The van der Waals surface area contributed by atoms with Gasteiger partial charge in [-0.25, -0.2) is 0 Å². The number of rotatable bonds is 3. The molecule has 1 spiro atoms. The van der Waals surface area contributed by atoms with Gasteiger partial charge in [0.1, 0.15) is 0 Å². The Morgan fingerprint density at radius 1 is 1.00 bits per heavy atom. The van der Waals surface area contributed by atoms with Crippen molar-refractivity contribution in [3.63, 3.8) is 0 Å². The lowest BCUT2D eigenvalue weighted by Crippen LogP contribution is -2.57. The van der Waals surface area contributed by atoms with Gasteiger partial charge in [0, 0.05) is 49.7 Å². The fourth-order valence-corrected chi connectivity index (χ4v) is 5.49. The predicted octanol–water partition coefficient (Wildman–Crippen LogP) is 4.11. The summed E-state index contributed by atoms with van der Waals surface area (Å²) in [5.74, 6) is 0.201. The lowest BCUT2D eigenvalue weighted by molar-refractivity contribution is -0.139. The second kappa shape index (κ2) is 7.34. The largest absolute Gasteiger partial charge is 0.356 e. The highest BCUT2D eigenvalue weighted by Gasteiger charge is 2.47. The SMILES string of the molecule is CC(=O)N1CCc2c([nH]c3ccccc23)C12CCN(CCc1ccccc1)CC2. The Balaban J connectivity index is 1.40. The Bertz CT molecular complexity index is 1010. The summed E-state index contributed by atoms with van der Waals surface area (Å²) in [6, 6.07) is 19.3. The molecule has 1 N–H and O–H groups in total. The maximum absolute atomic E-state index is 12.6. The van der Waals surface area contributed by atoms with Gasteiger partial charge in [-0.15, -0.1) is 0 Å². The van der Waals surface area contributed by atoms with Crippen LogP contribution in [0.25, 0.3) is 10.9 Å². The maximum Gasteiger partial charge on any atom is 0.220 e. The Morgan fingerprint density at radius 2 is 1.72 bits per heavy atom. The van der Waals surface area contributed by atoms with Crippen LogP contribution in [0, 0.1) is 0 Å². The van der Waals surface area contributed by atoms with Crippen LogP contribution in [0.3, 0.4) is 0 Å². The van der Waals surface area contributed by atoms with Crippen LogP contribution in [-0.4, -0.2) is 46.9 Å². The number of piperidine rings is 1. The second-order valence-corrected chi connectivity index (χ2v) is 8.55. The van der Waals surface area contributed by atoms with Crippen LogP contribution >= 0.6 is 0 Å². The number of carbonyl (C=O) groups is 1. The molecule has 2 aromatic carbocycles. The van der Waals surface area contributed by atoms with Gasteiger partial charge in [-0.1, -0.05) is 48.5 Å². The number of nitrogens with zero attached hydrogens (tertiary/aromatic N) is 2. The monoisotopic (exact) mass is 387 g/mol. The van der Waals surface area contributed by atoms with Gasteiger partial charge < -0.3 is 14.8 Å². The number of hydrogen-bond acceptors (Lipinski definition) is 2. The smallest absolute Gasteiger partial charge is 0.220 e. The van der Waals surface area contributed by atoms with E-state index in [0.29, 0.717) is 0 Å². The highest BCUT2D eigenvalue weighted by Crippen LogP contribution is 2.45. The third-order valence-corrected chi connectivity index (χ3v) is 7.00. The number of hydrogen-bond donors (Lipinski definition) is 1. The number of carbonyl (C=O) groups excluding carboxylic acids is 1. The van der Waals surface area contributed by atoms with E-state index in [9.17, 15) is 4.79 Å². The van der Waals surface area contributed by atoms with Gasteiger partial charge in [-0.3, -0.25) is 4.79 Å². The summed E-state index contributed by atoms with van der Waals surface area (Å²) in [5, 5.41) is 1.33. The van der Waals surface area contributed by atoms with Crippen LogP contribution < -0.4 is 0 Å². The van der Waals surface area contributed by atoms with E-state index in [1.54, 1.807) is 6.92 Å². The first-order valence-corrected chi connectivity index (χ1v) is 10.8. The number of likely N-dealkylation sites (tertiary alicyclic amines) is 1. The number of benzene rings is 2. The first-order valence-electron chi connectivity index (χ1n) is 10.8. The molecule has 2 aliphatic heterocycles. The van der Waals surface area contributed by atoms with Crippen molar-refractivity contribution >= 4 is 16.8 Å². The molecule has 0 unspecified atom stereocenters. The van der Waals surface area contributed by atoms with Crippen LogP contribution in [0.1, 0.15) is 36.6 Å². The third-order valence-electron chi connectivity index (χ3n) is 7.00. The van der Waals surface area contributed by atoms with E-state index >= 15 is 0 Å². The Morgan fingerprint density at radius 3 is 2.48 bits per heavy atom. The van der Waals surface area contributed by atoms with Gasteiger partial charge >= 0.3 is 0 Å². The van der Waals surface area contributed by atoms with E-state index in [1.165, 1.54) is 27.7 Å². The highest BCUT2D eigenvalue weighted by molar-refractivity contribution is 5.86. The second-order valence-electron chi connectivity index (χ2n) is 8.55. The van der Waals surface area contributed by atoms with Gasteiger partial charge in [0.2, 0.25) is 5.91 Å². The van der Waals surface area contributed by atoms with E-state index in [4.69, 9.17) is 0 Å². The molecular weight excluding hydrogens is 358 g/mol. The molecule has 5 rings (SSSR count). The van der Waals surface area contributed by atoms with Crippen LogP contribution in [0.5, 0.6) is 0 Å². The van der Waals surface area contributed by atoms with Crippen LogP contribution in [-0.2, 0) is 23.2 Å². The maximum atomic E-state index is 12.6. The molecule has 4 heteroatoms. The van der Waals surface area contributed by atoms with Crippen LogP contribution in [0.2, 0.25) is 0 Å².